The molecule has 1 amide bonds. The summed E-state index contributed by atoms with van der Waals surface area (Å²) in [5.41, 5.74) is 0. The third-order valence-corrected chi connectivity index (χ3v) is 4.69. The standard InChI is InChI=1S/C15H28N2O/c1-4-7-14-16-11(3)15(18)17(14)13-9-6-8-12(5-2)10-13/h11-14,16H,4-10H2,1-3H3. The maximum Gasteiger partial charge on any atom is 0.240 e. The van der Waals surface area contributed by atoms with Crippen LogP contribution in [-0.2, 0) is 4.79 Å². The number of amides is 1. The zero-order chi connectivity index (χ0) is 13.1. The van der Waals surface area contributed by atoms with Crippen LogP contribution < -0.4 is 5.32 Å². The molecule has 0 radical (unpaired) electrons. The second-order valence-corrected chi connectivity index (χ2v) is 6.03. The zero-order valence-corrected chi connectivity index (χ0v) is 12.1. The molecule has 2 rings (SSSR count). The molecule has 0 aromatic carbocycles. The van der Waals surface area contributed by atoms with Crippen LogP contribution in [0, 0.1) is 5.92 Å². The Bertz CT molecular complexity index is 292. The number of hydrogen-bond donors (Lipinski definition) is 1. The third-order valence-electron chi connectivity index (χ3n) is 4.69. The molecule has 4 atom stereocenters. The van der Waals surface area contributed by atoms with E-state index in [9.17, 15) is 4.79 Å². The van der Waals surface area contributed by atoms with E-state index in [1.54, 1.807) is 0 Å². The average Bonchev–Trinajstić information content (AvgIpc) is 2.65. The summed E-state index contributed by atoms with van der Waals surface area (Å²) in [6.07, 6.45) is 8.85. The van der Waals surface area contributed by atoms with E-state index in [2.05, 4.69) is 24.1 Å². The Kier molecular flexibility index (Phi) is 4.66. The van der Waals surface area contributed by atoms with Crippen LogP contribution in [0.15, 0.2) is 0 Å². The van der Waals surface area contributed by atoms with Crippen LogP contribution in [0.25, 0.3) is 0 Å². The molecular formula is C15H28N2O. The molecule has 0 aromatic rings. The van der Waals surface area contributed by atoms with Crippen molar-refractivity contribution in [1.82, 2.24) is 10.2 Å². The largest absolute Gasteiger partial charge is 0.323 e. The Hall–Kier alpha value is -0.570. The van der Waals surface area contributed by atoms with Crippen LogP contribution in [0.3, 0.4) is 0 Å². The molecule has 0 spiro atoms. The number of hydrogen-bond acceptors (Lipinski definition) is 2. The number of nitrogens with zero attached hydrogens (tertiary/aromatic N) is 1. The summed E-state index contributed by atoms with van der Waals surface area (Å²) >= 11 is 0. The monoisotopic (exact) mass is 252 g/mol. The van der Waals surface area contributed by atoms with Crippen molar-refractivity contribution >= 4 is 5.91 Å². The number of carbonyl (C=O) groups is 1. The van der Waals surface area contributed by atoms with Gasteiger partial charge in [-0.25, -0.2) is 0 Å². The highest BCUT2D eigenvalue weighted by Gasteiger charge is 2.40. The number of carbonyl (C=O) groups excluding carboxylic acids is 1. The van der Waals surface area contributed by atoms with Gasteiger partial charge in [0.05, 0.1) is 12.2 Å². The first kappa shape index (κ1) is 13.9. The minimum atomic E-state index is 0.0172. The third kappa shape index (κ3) is 2.71. The molecule has 1 heterocycles. The summed E-state index contributed by atoms with van der Waals surface area (Å²) < 4.78 is 0. The van der Waals surface area contributed by atoms with Crippen LogP contribution in [0.2, 0.25) is 0 Å². The molecule has 1 saturated heterocycles. The van der Waals surface area contributed by atoms with Gasteiger partial charge < -0.3 is 4.90 Å². The minimum Gasteiger partial charge on any atom is -0.323 e. The lowest BCUT2D eigenvalue weighted by Gasteiger charge is -2.38. The normalized spacial score (nSPS) is 37.3. The molecule has 1 aliphatic carbocycles. The van der Waals surface area contributed by atoms with Crippen LogP contribution in [0.1, 0.15) is 65.7 Å². The SMILES string of the molecule is CCCC1NC(C)C(=O)N1C1CCCC(CC)C1. The van der Waals surface area contributed by atoms with E-state index in [1.165, 1.54) is 32.1 Å². The first-order chi connectivity index (χ1) is 8.67. The van der Waals surface area contributed by atoms with Crippen molar-refractivity contribution in [2.45, 2.75) is 84.0 Å². The van der Waals surface area contributed by atoms with Gasteiger partial charge in [0.1, 0.15) is 0 Å². The van der Waals surface area contributed by atoms with Gasteiger partial charge in [0.25, 0.3) is 0 Å². The zero-order valence-electron chi connectivity index (χ0n) is 12.1. The summed E-state index contributed by atoms with van der Waals surface area (Å²) in [4.78, 5) is 14.5. The molecule has 18 heavy (non-hydrogen) atoms. The lowest BCUT2D eigenvalue weighted by Crippen LogP contribution is -2.46. The highest BCUT2D eigenvalue weighted by Crippen LogP contribution is 2.32. The van der Waals surface area contributed by atoms with Crippen LogP contribution >= 0.6 is 0 Å². The van der Waals surface area contributed by atoms with Crippen molar-refractivity contribution in [3.63, 3.8) is 0 Å². The first-order valence-electron chi connectivity index (χ1n) is 7.75. The Morgan fingerprint density at radius 2 is 2.11 bits per heavy atom. The maximum atomic E-state index is 12.3. The fourth-order valence-corrected chi connectivity index (χ4v) is 3.63. The second-order valence-electron chi connectivity index (χ2n) is 6.03. The van der Waals surface area contributed by atoms with Gasteiger partial charge in [0.15, 0.2) is 0 Å². The maximum absolute atomic E-state index is 12.3. The predicted molar refractivity (Wildman–Crippen MR) is 74.2 cm³/mol. The first-order valence-corrected chi connectivity index (χ1v) is 7.75. The predicted octanol–water partition coefficient (Wildman–Crippen LogP) is 2.90. The second kappa shape index (κ2) is 6.05. The molecule has 1 aliphatic heterocycles. The summed E-state index contributed by atoms with van der Waals surface area (Å²) in [6, 6.07) is 0.508. The summed E-state index contributed by atoms with van der Waals surface area (Å²) in [6.45, 7) is 6.48. The van der Waals surface area contributed by atoms with Crippen LogP contribution in [0.5, 0.6) is 0 Å². The molecule has 2 aliphatic rings. The topological polar surface area (TPSA) is 32.3 Å². The van der Waals surface area contributed by atoms with E-state index in [-0.39, 0.29) is 12.2 Å². The van der Waals surface area contributed by atoms with Gasteiger partial charge in [-0.1, -0.05) is 39.5 Å². The quantitative estimate of drug-likeness (QED) is 0.834. The van der Waals surface area contributed by atoms with Gasteiger partial charge in [-0.15, -0.1) is 0 Å². The van der Waals surface area contributed by atoms with Crippen molar-refractivity contribution in [1.29, 1.82) is 0 Å². The van der Waals surface area contributed by atoms with E-state index in [4.69, 9.17) is 0 Å². The van der Waals surface area contributed by atoms with Crippen LogP contribution in [-0.4, -0.2) is 29.1 Å². The van der Waals surface area contributed by atoms with E-state index in [0.717, 1.165) is 18.8 Å². The van der Waals surface area contributed by atoms with Crippen molar-refractivity contribution < 1.29 is 4.79 Å². The fourth-order valence-electron chi connectivity index (χ4n) is 3.63. The number of rotatable bonds is 4. The summed E-state index contributed by atoms with van der Waals surface area (Å²) in [7, 11) is 0. The average molecular weight is 252 g/mol. The fraction of sp³-hybridized carbons (Fsp3) is 0.933. The molecule has 1 saturated carbocycles. The molecule has 104 valence electrons. The van der Waals surface area contributed by atoms with E-state index < -0.39 is 0 Å². The Balaban J connectivity index is 2.06. The van der Waals surface area contributed by atoms with Crippen molar-refractivity contribution in [3.8, 4) is 0 Å². The lowest BCUT2D eigenvalue weighted by molar-refractivity contribution is -0.133. The Labute approximate surface area is 111 Å². The summed E-state index contributed by atoms with van der Waals surface area (Å²) in [5.74, 6) is 1.16. The highest BCUT2D eigenvalue weighted by molar-refractivity contribution is 5.84. The summed E-state index contributed by atoms with van der Waals surface area (Å²) in [5, 5.41) is 3.46. The van der Waals surface area contributed by atoms with Gasteiger partial charge in [-0.2, -0.15) is 0 Å². The van der Waals surface area contributed by atoms with Crippen molar-refractivity contribution in [2.24, 2.45) is 5.92 Å². The molecule has 0 aromatic heterocycles. The Morgan fingerprint density at radius 3 is 2.78 bits per heavy atom. The molecular weight excluding hydrogens is 224 g/mol. The molecule has 0 bridgehead atoms. The van der Waals surface area contributed by atoms with E-state index in [1.807, 2.05) is 6.92 Å². The molecule has 1 N–H and O–H groups in total. The number of nitrogens with one attached hydrogen (secondary N) is 1. The smallest absolute Gasteiger partial charge is 0.240 e. The molecule has 2 fully saturated rings. The van der Waals surface area contributed by atoms with Gasteiger partial charge in [0, 0.05) is 6.04 Å². The minimum absolute atomic E-state index is 0.0172. The van der Waals surface area contributed by atoms with Crippen molar-refractivity contribution in [2.75, 3.05) is 0 Å². The van der Waals surface area contributed by atoms with Crippen molar-refractivity contribution in [3.05, 3.63) is 0 Å². The van der Waals surface area contributed by atoms with Gasteiger partial charge >= 0.3 is 0 Å². The molecule has 3 nitrogen and oxygen atoms in total. The van der Waals surface area contributed by atoms with Gasteiger partial charge in [-0.05, 0) is 32.1 Å². The van der Waals surface area contributed by atoms with Crippen LogP contribution in [0.4, 0.5) is 0 Å². The lowest BCUT2D eigenvalue weighted by atomic mass is 9.83. The Morgan fingerprint density at radius 1 is 1.33 bits per heavy atom. The van der Waals surface area contributed by atoms with Gasteiger partial charge in [0.2, 0.25) is 5.91 Å². The van der Waals surface area contributed by atoms with Gasteiger partial charge in [-0.3, -0.25) is 10.1 Å². The van der Waals surface area contributed by atoms with E-state index >= 15 is 0 Å². The highest BCUT2D eigenvalue weighted by atomic mass is 16.2. The van der Waals surface area contributed by atoms with E-state index in [0.29, 0.717) is 11.9 Å². The molecule has 4 unspecified atom stereocenters. The molecule has 3 heteroatoms.